The van der Waals surface area contributed by atoms with E-state index in [1.165, 1.54) is 0 Å². The minimum atomic E-state index is -0.353. The van der Waals surface area contributed by atoms with Crippen LogP contribution in [0, 0.1) is 0 Å². The van der Waals surface area contributed by atoms with E-state index in [-0.39, 0.29) is 6.10 Å². The molecule has 0 fully saturated rings. The van der Waals surface area contributed by atoms with Gasteiger partial charge in [-0.15, -0.1) is 0 Å². The van der Waals surface area contributed by atoms with Crippen LogP contribution in [0.2, 0.25) is 0 Å². The third-order valence-electron chi connectivity index (χ3n) is 2.21. The molecule has 0 radical (unpaired) electrons. The van der Waals surface area contributed by atoms with Crippen LogP contribution in [0.3, 0.4) is 0 Å². The van der Waals surface area contributed by atoms with Crippen molar-refractivity contribution >= 4 is 0 Å². The number of aromatic nitrogens is 4. The van der Waals surface area contributed by atoms with Gasteiger partial charge in [-0.1, -0.05) is 5.16 Å². The molecular formula is C10H14N4O2. The Morgan fingerprint density at radius 1 is 1.56 bits per heavy atom. The molecule has 0 aromatic carbocycles. The van der Waals surface area contributed by atoms with E-state index in [2.05, 4.69) is 15.2 Å². The lowest BCUT2D eigenvalue weighted by Crippen LogP contribution is -2.01. The molecule has 1 unspecified atom stereocenters. The molecule has 0 spiro atoms. The first-order valence-electron chi connectivity index (χ1n) is 5.15. The second-order valence-electron chi connectivity index (χ2n) is 3.80. The summed E-state index contributed by atoms with van der Waals surface area (Å²) < 4.78 is 6.75. The van der Waals surface area contributed by atoms with E-state index in [0.29, 0.717) is 24.6 Å². The van der Waals surface area contributed by atoms with Gasteiger partial charge in [0.2, 0.25) is 11.7 Å². The van der Waals surface area contributed by atoms with Crippen LogP contribution in [0.25, 0.3) is 11.4 Å². The lowest BCUT2D eigenvalue weighted by atomic mass is 10.2. The summed E-state index contributed by atoms with van der Waals surface area (Å²) in [5, 5.41) is 17.0. The number of nitrogens with zero attached hydrogens (tertiary/aromatic N) is 4. The van der Waals surface area contributed by atoms with Crippen molar-refractivity contribution < 1.29 is 9.63 Å². The smallest absolute Gasteiger partial charge is 0.227 e. The fraction of sp³-hybridized carbons (Fsp3) is 0.500. The zero-order valence-electron chi connectivity index (χ0n) is 9.29. The quantitative estimate of drug-likeness (QED) is 0.827. The zero-order chi connectivity index (χ0) is 11.5. The van der Waals surface area contributed by atoms with E-state index in [9.17, 15) is 0 Å². The highest BCUT2D eigenvalue weighted by Gasteiger charge is 2.10. The Morgan fingerprint density at radius 2 is 2.38 bits per heavy atom. The van der Waals surface area contributed by atoms with E-state index in [4.69, 9.17) is 9.63 Å². The van der Waals surface area contributed by atoms with Gasteiger partial charge in [-0.05, 0) is 13.3 Å². The van der Waals surface area contributed by atoms with Gasteiger partial charge in [0.05, 0.1) is 17.9 Å². The lowest BCUT2D eigenvalue weighted by molar-refractivity contribution is 0.180. The molecule has 0 bridgehead atoms. The summed E-state index contributed by atoms with van der Waals surface area (Å²) >= 11 is 0. The Hall–Kier alpha value is -1.69. The number of aryl methyl sites for hydroxylation is 2. The first kappa shape index (κ1) is 10.8. The largest absolute Gasteiger partial charge is 0.393 e. The zero-order valence-corrected chi connectivity index (χ0v) is 9.29. The molecular weight excluding hydrogens is 208 g/mol. The summed E-state index contributed by atoms with van der Waals surface area (Å²) in [7, 11) is 1.83. The molecule has 0 saturated heterocycles. The van der Waals surface area contributed by atoms with E-state index >= 15 is 0 Å². The van der Waals surface area contributed by atoms with E-state index in [1.54, 1.807) is 17.8 Å². The molecule has 86 valence electrons. The van der Waals surface area contributed by atoms with Crippen molar-refractivity contribution in [3.63, 3.8) is 0 Å². The van der Waals surface area contributed by atoms with Gasteiger partial charge in [0.1, 0.15) is 0 Å². The average molecular weight is 222 g/mol. The Morgan fingerprint density at radius 3 is 3.00 bits per heavy atom. The highest BCUT2D eigenvalue weighted by Crippen LogP contribution is 2.14. The van der Waals surface area contributed by atoms with Gasteiger partial charge >= 0.3 is 0 Å². The maximum atomic E-state index is 9.14. The molecule has 2 aromatic heterocycles. The molecule has 16 heavy (non-hydrogen) atoms. The van der Waals surface area contributed by atoms with Gasteiger partial charge in [0.15, 0.2) is 0 Å². The predicted molar refractivity (Wildman–Crippen MR) is 56.5 cm³/mol. The second-order valence-corrected chi connectivity index (χ2v) is 3.80. The molecule has 0 aliphatic heterocycles. The van der Waals surface area contributed by atoms with Gasteiger partial charge in [-0.25, -0.2) is 0 Å². The van der Waals surface area contributed by atoms with Crippen LogP contribution in [0.5, 0.6) is 0 Å². The van der Waals surface area contributed by atoms with Crippen LogP contribution in [-0.4, -0.2) is 31.1 Å². The second kappa shape index (κ2) is 4.44. The third kappa shape index (κ3) is 2.46. The maximum absolute atomic E-state index is 9.14. The lowest BCUT2D eigenvalue weighted by Gasteiger charge is -1.97. The van der Waals surface area contributed by atoms with Crippen molar-refractivity contribution in [3.8, 4) is 11.4 Å². The van der Waals surface area contributed by atoms with Gasteiger partial charge in [0, 0.05) is 19.7 Å². The van der Waals surface area contributed by atoms with Crippen molar-refractivity contribution in [2.45, 2.75) is 25.9 Å². The molecule has 6 heteroatoms. The summed E-state index contributed by atoms with van der Waals surface area (Å²) in [5.74, 6) is 1.08. The van der Waals surface area contributed by atoms with Gasteiger partial charge in [-0.2, -0.15) is 10.1 Å². The van der Waals surface area contributed by atoms with Crippen molar-refractivity contribution in [2.24, 2.45) is 7.05 Å². The third-order valence-corrected chi connectivity index (χ3v) is 2.21. The summed E-state index contributed by atoms with van der Waals surface area (Å²) in [6, 6.07) is 0. The molecule has 2 heterocycles. The molecule has 0 amide bonds. The first-order valence-corrected chi connectivity index (χ1v) is 5.15. The number of aliphatic hydroxyl groups is 1. The Balaban J connectivity index is 2.07. The SMILES string of the molecule is CC(O)CCc1nc(-c2cnn(C)c2)no1. The van der Waals surface area contributed by atoms with Crippen LogP contribution in [0.15, 0.2) is 16.9 Å². The van der Waals surface area contributed by atoms with Gasteiger partial charge < -0.3 is 9.63 Å². The molecule has 2 aromatic rings. The van der Waals surface area contributed by atoms with Crippen molar-refractivity contribution in [1.82, 2.24) is 19.9 Å². The summed E-state index contributed by atoms with van der Waals surface area (Å²) in [5.41, 5.74) is 0.828. The highest BCUT2D eigenvalue weighted by molar-refractivity contribution is 5.50. The van der Waals surface area contributed by atoms with Crippen LogP contribution in [0.4, 0.5) is 0 Å². The van der Waals surface area contributed by atoms with Crippen LogP contribution < -0.4 is 0 Å². The van der Waals surface area contributed by atoms with Crippen LogP contribution in [-0.2, 0) is 13.5 Å². The number of aliphatic hydroxyl groups excluding tert-OH is 1. The first-order chi connectivity index (χ1) is 7.65. The molecule has 0 aliphatic rings. The monoisotopic (exact) mass is 222 g/mol. The van der Waals surface area contributed by atoms with Crippen molar-refractivity contribution in [3.05, 3.63) is 18.3 Å². The summed E-state index contributed by atoms with van der Waals surface area (Å²) in [6.45, 7) is 1.73. The Bertz CT molecular complexity index is 461. The van der Waals surface area contributed by atoms with E-state index in [0.717, 1.165) is 5.56 Å². The van der Waals surface area contributed by atoms with Crippen molar-refractivity contribution in [2.75, 3.05) is 0 Å². The standard InChI is InChI=1S/C10H14N4O2/c1-7(15)3-4-9-12-10(13-16-9)8-5-11-14(2)6-8/h5-7,15H,3-4H2,1-2H3. The van der Waals surface area contributed by atoms with Crippen LogP contribution in [0.1, 0.15) is 19.2 Å². The fourth-order valence-electron chi connectivity index (χ4n) is 1.34. The normalized spacial score (nSPS) is 12.9. The Kier molecular flexibility index (Phi) is 3.00. The summed E-state index contributed by atoms with van der Waals surface area (Å²) in [6.07, 6.45) is 4.36. The number of hydrogen-bond donors (Lipinski definition) is 1. The minimum absolute atomic E-state index is 0.353. The average Bonchev–Trinajstić information content (AvgIpc) is 2.83. The molecule has 1 atom stereocenters. The Labute approximate surface area is 92.9 Å². The fourth-order valence-corrected chi connectivity index (χ4v) is 1.34. The highest BCUT2D eigenvalue weighted by atomic mass is 16.5. The molecule has 0 aliphatic carbocycles. The topological polar surface area (TPSA) is 77.0 Å². The van der Waals surface area contributed by atoms with Crippen molar-refractivity contribution in [1.29, 1.82) is 0 Å². The van der Waals surface area contributed by atoms with E-state index < -0.39 is 0 Å². The molecule has 0 saturated carbocycles. The van der Waals surface area contributed by atoms with Crippen LogP contribution >= 0.6 is 0 Å². The predicted octanol–water partition coefficient (Wildman–Crippen LogP) is 0.783. The maximum Gasteiger partial charge on any atom is 0.227 e. The van der Waals surface area contributed by atoms with Gasteiger partial charge in [-0.3, -0.25) is 4.68 Å². The number of rotatable bonds is 4. The molecule has 1 N–H and O–H groups in total. The molecule has 2 rings (SSSR count). The molecule has 6 nitrogen and oxygen atoms in total. The summed E-state index contributed by atoms with van der Waals surface area (Å²) in [4.78, 5) is 4.22. The minimum Gasteiger partial charge on any atom is -0.393 e. The van der Waals surface area contributed by atoms with Gasteiger partial charge in [0.25, 0.3) is 0 Å². The van der Waals surface area contributed by atoms with E-state index in [1.807, 2.05) is 13.2 Å². The number of hydrogen-bond acceptors (Lipinski definition) is 5.